The summed E-state index contributed by atoms with van der Waals surface area (Å²) >= 11 is 0. The van der Waals surface area contributed by atoms with E-state index in [-0.39, 0.29) is 11.4 Å². The Morgan fingerprint density at radius 1 is 1.40 bits per heavy atom. The third-order valence-corrected chi connectivity index (χ3v) is 3.61. The summed E-state index contributed by atoms with van der Waals surface area (Å²) in [4.78, 5) is 14.3. The maximum absolute atomic E-state index is 12.0. The van der Waals surface area contributed by atoms with Crippen LogP contribution in [0.3, 0.4) is 0 Å². The second kappa shape index (κ2) is 6.19. The minimum Gasteiger partial charge on any atom is -0.619 e. The van der Waals surface area contributed by atoms with Gasteiger partial charge in [0.05, 0.1) is 18.8 Å². The van der Waals surface area contributed by atoms with Crippen LogP contribution < -0.4 is 10.0 Å². The predicted octanol–water partition coefficient (Wildman–Crippen LogP) is 0.161. The lowest BCUT2D eigenvalue weighted by Gasteiger charge is -2.40. The van der Waals surface area contributed by atoms with E-state index < -0.39 is 0 Å². The molecule has 1 amide bonds. The number of aromatic nitrogens is 1. The predicted molar refractivity (Wildman–Crippen MR) is 74.2 cm³/mol. The van der Waals surface area contributed by atoms with Gasteiger partial charge in [-0.05, 0) is 13.8 Å². The lowest BCUT2D eigenvalue weighted by atomic mass is 10.0. The summed E-state index contributed by atoms with van der Waals surface area (Å²) in [5, 5.41) is 13.9. The standard InChI is InChI=1S/C14H21N3O3/c1-14(2,16-7-9-20-10-8-16)11-15-13(18)12-3-5-17(19)6-4-12/h3-6H,7-11H2,1-2H3,(H,15,18). The fourth-order valence-corrected chi connectivity index (χ4v) is 2.24. The van der Waals surface area contributed by atoms with Crippen LogP contribution in [0.1, 0.15) is 24.2 Å². The number of nitrogens with one attached hydrogen (secondary N) is 1. The topological polar surface area (TPSA) is 68.5 Å². The molecule has 0 aromatic carbocycles. The Labute approximate surface area is 118 Å². The van der Waals surface area contributed by atoms with E-state index >= 15 is 0 Å². The normalized spacial score (nSPS) is 16.9. The Morgan fingerprint density at radius 2 is 2.00 bits per heavy atom. The highest BCUT2D eigenvalue weighted by molar-refractivity contribution is 5.93. The molecule has 0 spiro atoms. The maximum atomic E-state index is 12.0. The van der Waals surface area contributed by atoms with Gasteiger partial charge in [0.2, 0.25) is 0 Å². The maximum Gasteiger partial charge on any atom is 0.251 e. The fourth-order valence-electron chi connectivity index (χ4n) is 2.24. The van der Waals surface area contributed by atoms with Crippen LogP contribution in [0, 0.1) is 5.21 Å². The first-order valence-electron chi connectivity index (χ1n) is 6.79. The zero-order chi connectivity index (χ0) is 14.6. The average molecular weight is 279 g/mol. The minimum atomic E-state index is -0.160. The summed E-state index contributed by atoms with van der Waals surface area (Å²) in [5.41, 5.74) is 0.377. The molecule has 0 aliphatic carbocycles. The minimum absolute atomic E-state index is 0.118. The molecule has 0 bridgehead atoms. The molecule has 6 nitrogen and oxygen atoms in total. The van der Waals surface area contributed by atoms with Gasteiger partial charge in [-0.2, -0.15) is 4.73 Å². The number of morpholine rings is 1. The monoisotopic (exact) mass is 279 g/mol. The van der Waals surface area contributed by atoms with Gasteiger partial charge in [0, 0.05) is 37.3 Å². The molecule has 0 saturated carbocycles. The molecule has 1 fully saturated rings. The van der Waals surface area contributed by atoms with Gasteiger partial charge in [0.15, 0.2) is 12.4 Å². The third-order valence-electron chi connectivity index (χ3n) is 3.61. The van der Waals surface area contributed by atoms with Crippen molar-refractivity contribution in [2.24, 2.45) is 0 Å². The third kappa shape index (κ3) is 3.68. The zero-order valence-electron chi connectivity index (χ0n) is 12.0. The van der Waals surface area contributed by atoms with Crippen LogP contribution in [0.5, 0.6) is 0 Å². The first-order valence-corrected chi connectivity index (χ1v) is 6.79. The number of rotatable bonds is 4. The molecule has 1 aliphatic heterocycles. The number of ether oxygens (including phenoxy) is 1. The Bertz CT molecular complexity index is 453. The molecule has 6 heteroatoms. The van der Waals surface area contributed by atoms with Crippen molar-refractivity contribution in [1.29, 1.82) is 0 Å². The van der Waals surface area contributed by atoms with Crippen molar-refractivity contribution in [3.8, 4) is 0 Å². The summed E-state index contributed by atoms with van der Waals surface area (Å²) in [6, 6.07) is 3.04. The van der Waals surface area contributed by atoms with Crippen LogP contribution in [0.4, 0.5) is 0 Å². The number of carbonyl (C=O) groups is 1. The number of carbonyl (C=O) groups excluding carboxylic acids is 1. The van der Waals surface area contributed by atoms with Gasteiger partial charge in [-0.25, -0.2) is 0 Å². The van der Waals surface area contributed by atoms with Gasteiger partial charge in [0.1, 0.15) is 0 Å². The molecule has 110 valence electrons. The first kappa shape index (κ1) is 14.7. The molecular formula is C14H21N3O3. The lowest BCUT2D eigenvalue weighted by molar-refractivity contribution is -0.605. The highest BCUT2D eigenvalue weighted by atomic mass is 16.5. The van der Waals surface area contributed by atoms with E-state index in [1.165, 1.54) is 24.5 Å². The van der Waals surface area contributed by atoms with Crippen LogP contribution in [0.25, 0.3) is 0 Å². The van der Waals surface area contributed by atoms with Crippen molar-refractivity contribution in [1.82, 2.24) is 10.2 Å². The Morgan fingerprint density at radius 3 is 2.60 bits per heavy atom. The van der Waals surface area contributed by atoms with Gasteiger partial charge in [0.25, 0.3) is 5.91 Å². The molecule has 0 radical (unpaired) electrons. The highest BCUT2D eigenvalue weighted by Crippen LogP contribution is 2.15. The van der Waals surface area contributed by atoms with Crippen molar-refractivity contribution in [3.63, 3.8) is 0 Å². The molecule has 1 aromatic rings. The molecule has 1 saturated heterocycles. The Kier molecular flexibility index (Phi) is 4.57. The molecule has 0 unspecified atom stereocenters. The average Bonchev–Trinajstić information content (AvgIpc) is 2.46. The molecule has 2 rings (SSSR count). The van der Waals surface area contributed by atoms with Gasteiger partial charge in [-0.3, -0.25) is 9.69 Å². The summed E-state index contributed by atoms with van der Waals surface area (Å²) in [6.45, 7) is 8.00. The molecule has 0 atom stereocenters. The molecule has 1 aromatic heterocycles. The second-order valence-corrected chi connectivity index (χ2v) is 5.54. The van der Waals surface area contributed by atoms with Gasteiger partial charge in [-0.1, -0.05) is 0 Å². The Hall–Kier alpha value is -1.66. The van der Waals surface area contributed by atoms with Crippen molar-refractivity contribution in [2.45, 2.75) is 19.4 Å². The van der Waals surface area contributed by atoms with Crippen LogP contribution in [-0.4, -0.2) is 49.2 Å². The lowest BCUT2D eigenvalue weighted by Crippen LogP contribution is -2.55. The van der Waals surface area contributed by atoms with Crippen LogP contribution >= 0.6 is 0 Å². The fraction of sp³-hybridized carbons (Fsp3) is 0.571. The smallest absolute Gasteiger partial charge is 0.251 e. The number of hydrogen-bond acceptors (Lipinski definition) is 4. The summed E-state index contributed by atoms with van der Waals surface area (Å²) in [7, 11) is 0. The number of hydrogen-bond donors (Lipinski definition) is 1. The van der Waals surface area contributed by atoms with E-state index in [4.69, 9.17) is 4.74 Å². The van der Waals surface area contributed by atoms with Gasteiger partial charge in [-0.15, -0.1) is 0 Å². The van der Waals surface area contributed by atoms with Crippen LogP contribution in [0.15, 0.2) is 24.5 Å². The van der Waals surface area contributed by atoms with E-state index in [1.807, 2.05) is 0 Å². The van der Waals surface area contributed by atoms with E-state index in [0.717, 1.165) is 26.3 Å². The molecule has 1 N–H and O–H groups in total. The second-order valence-electron chi connectivity index (χ2n) is 5.54. The van der Waals surface area contributed by atoms with E-state index in [1.54, 1.807) is 0 Å². The summed E-state index contributed by atoms with van der Waals surface area (Å²) in [5.74, 6) is -0.160. The zero-order valence-corrected chi connectivity index (χ0v) is 12.0. The molecule has 1 aliphatic rings. The molecule has 2 heterocycles. The molecular weight excluding hydrogens is 258 g/mol. The SMILES string of the molecule is CC(C)(CNC(=O)c1cc[n+]([O-])cc1)N1CCOCC1. The van der Waals surface area contributed by atoms with Crippen molar-refractivity contribution in [2.75, 3.05) is 32.8 Å². The Balaban J connectivity index is 1.90. The van der Waals surface area contributed by atoms with Crippen LogP contribution in [0.2, 0.25) is 0 Å². The number of amides is 1. The first-order chi connectivity index (χ1) is 9.49. The largest absolute Gasteiger partial charge is 0.619 e. The van der Waals surface area contributed by atoms with E-state index in [9.17, 15) is 10.0 Å². The van der Waals surface area contributed by atoms with Crippen molar-refractivity contribution < 1.29 is 14.3 Å². The summed E-state index contributed by atoms with van der Waals surface area (Å²) < 4.78 is 6.00. The molecule has 20 heavy (non-hydrogen) atoms. The van der Waals surface area contributed by atoms with Gasteiger partial charge < -0.3 is 15.3 Å². The van der Waals surface area contributed by atoms with E-state index in [2.05, 4.69) is 24.1 Å². The van der Waals surface area contributed by atoms with E-state index in [0.29, 0.717) is 16.8 Å². The van der Waals surface area contributed by atoms with Gasteiger partial charge >= 0.3 is 0 Å². The summed E-state index contributed by atoms with van der Waals surface area (Å²) in [6.07, 6.45) is 2.64. The highest BCUT2D eigenvalue weighted by Gasteiger charge is 2.28. The van der Waals surface area contributed by atoms with Crippen molar-refractivity contribution in [3.05, 3.63) is 35.3 Å². The van der Waals surface area contributed by atoms with Crippen LogP contribution in [-0.2, 0) is 4.74 Å². The van der Waals surface area contributed by atoms with Crippen molar-refractivity contribution >= 4 is 5.91 Å². The number of nitrogens with zero attached hydrogens (tertiary/aromatic N) is 2. The number of pyridine rings is 1. The quantitative estimate of drug-likeness (QED) is 0.630.